The highest BCUT2D eigenvalue weighted by Crippen LogP contribution is 2.35. The molecule has 0 saturated carbocycles. The zero-order valence-electron chi connectivity index (χ0n) is 16.8. The van der Waals surface area contributed by atoms with Crippen LogP contribution >= 0.6 is 0 Å². The third-order valence-electron chi connectivity index (χ3n) is 6.06. The van der Waals surface area contributed by atoms with E-state index in [-0.39, 0.29) is 12.0 Å². The van der Waals surface area contributed by atoms with E-state index in [1.165, 1.54) is 27.8 Å². The number of aliphatic carboxylic acids is 1. The van der Waals surface area contributed by atoms with Crippen molar-refractivity contribution in [1.29, 1.82) is 0 Å². The summed E-state index contributed by atoms with van der Waals surface area (Å²) in [5, 5.41) is 9.36. The summed E-state index contributed by atoms with van der Waals surface area (Å²) in [6.45, 7) is 3.76. The minimum atomic E-state index is -0.663. The lowest BCUT2D eigenvalue weighted by atomic mass is 9.89. The molecule has 1 aliphatic heterocycles. The van der Waals surface area contributed by atoms with E-state index in [9.17, 15) is 9.90 Å². The molecule has 1 N–H and O–H groups in total. The average molecular weight is 386 g/mol. The predicted molar refractivity (Wildman–Crippen MR) is 117 cm³/mol. The maximum atomic E-state index is 11.4. The van der Waals surface area contributed by atoms with Crippen molar-refractivity contribution < 1.29 is 9.90 Å². The predicted octanol–water partition coefficient (Wildman–Crippen LogP) is 5.55. The minimum absolute atomic E-state index is 0.149. The van der Waals surface area contributed by atoms with Crippen LogP contribution in [0.25, 0.3) is 11.1 Å². The summed E-state index contributed by atoms with van der Waals surface area (Å²) in [4.78, 5) is 13.8. The summed E-state index contributed by atoms with van der Waals surface area (Å²) in [7, 11) is 0. The first-order valence-corrected chi connectivity index (χ1v) is 10.3. The normalized spacial score (nSPS) is 16.4. The molecular formula is C26H27NO2. The van der Waals surface area contributed by atoms with E-state index in [0.29, 0.717) is 12.8 Å². The number of piperidine rings is 1. The van der Waals surface area contributed by atoms with Gasteiger partial charge >= 0.3 is 5.97 Å². The third kappa shape index (κ3) is 4.25. The van der Waals surface area contributed by atoms with E-state index in [2.05, 4.69) is 84.6 Å². The molecule has 0 spiro atoms. The van der Waals surface area contributed by atoms with Gasteiger partial charge in [-0.05, 0) is 60.7 Å². The maximum Gasteiger partial charge on any atom is 0.306 e. The molecular weight excluding hydrogens is 358 g/mol. The van der Waals surface area contributed by atoms with Gasteiger partial charge in [-0.15, -0.1) is 0 Å². The Labute approximate surface area is 172 Å². The summed E-state index contributed by atoms with van der Waals surface area (Å²) in [5.74, 6) is -0.881. The Bertz CT molecular complexity index is 958. The minimum Gasteiger partial charge on any atom is -0.481 e. The number of carboxylic acid groups (broad SMARTS) is 1. The van der Waals surface area contributed by atoms with Crippen LogP contribution in [0, 0.1) is 12.8 Å². The van der Waals surface area contributed by atoms with E-state index < -0.39 is 5.97 Å². The zero-order valence-corrected chi connectivity index (χ0v) is 16.8. The highest BCUT2D eigenvalue weighted by atomic mass is 16.4. The van der Waals surface area contributed by atoms with Crippen molar-refractivity contribution in [3.05, 3.63) is 95.6 Å². The molecule has 0 aromatic heterocycles. The quantitative estimate of drug-likeness (QED) is 0.626. The molecule has 3 aromatic carbocycles. The van der Waals surface area contributed by atoms with Crippen molar-refractivity contribution in [3.8, 4) is 11.1 Å². The Morgan fingerprint density at radius 1 is 0.862 bits per heavy atom. The van der Waals surface area contributed by atoms with E-state index in [4.69, 9.17) is 0 Å². The SMILES string of the molecule is Cc1ccccc1C(c1ccc(-c2ccccc2)cc1)N1CCC(C(=O)O)CC1. The molecule has 4 rings (SSSR count). The van der Waals surface area contributed by atoms with E-state index in [1.807, 2.05) is 6.07 Å². The molecule has 0 aliphatic carbocycles. The topological polar surface area (TPSA) is 40.5 Å². The molecule has 0 bridgehead atoms. The summed E-state index contributed by atoms with van der Waals surface area (Å²) in [6.07, 6.45) is 1.42. The molecule has 3 nitrogen and oxygen atoms in total. The molecule has 1 atom stereocenters. The Balaban J connectivity index is 1.66. The highest BCUT2D eigenvalue weighted by Gasteiger charge is 2.30. The van der Waals surface area contributed by atoms with E-state index in [0.717, 1.165) is 13.1 Å². The van der Waals surface area contributed by atoms with Gasteiger partial charge in [0.05, 0.1) is 12.0 Å². The Kier molecular flexibility index (Phi) is 5.77. The smallest absolute Gasteiger partial charge is 0.306 e. The van der Waals surface area contributed by atoms with Gasteiger partial charge in [-0.2, -0.15) is 0 Å². The number of hydrogen-bond acceptors (Lipinski definition) is 2. The number of carboxylic acids is 1. The van der Waals surface area contributed by atoms with Crippen LogP contribution in [-0.4, -0.2) is 29.1 Å². The molecule has 1 fully saturated rings. The Morgan fingerprint density at radius 2 is 1.45 bits per heavy atom. The summed E-state index contributed by atoms with van der Waals surface area (Å²) in [6, 6.07) is 27.9. The second kappa shape index (κ2) is 8.62. The van der Waals surface area contributed by atoms with Crippen LogP contribution in [0.5, 0.6) is 0 Å². The average Bonchev–Trinajstić information content (AvgIpc) is 2.77. The fourth-order valence-corrected chi connectivity index (χ4v) is 4.37. The largest absolute Gasteiger partial charge is 0.481 e. The number of aryl methyl sites for hydroxylation is 1. The summed E-state index contributed by atoms with van der Waals surface area (Å²) >= 11 is 0. The molecule has 1 heterocycles. The first-order valence-electron chi connectivity index (χ1n) is 10.3. The van der Waals surface area contributed by atoms with Gasteiger partial charge in [-0.1, -0.05) is 78.9 Å². The molecule has 29 heavy (non-hydrogen) atoms. The van der Waals surface area contributed by atoms with Gasteiger partial charge in [-0.3, -0.25) is 9.69 Å². The number of hydrogen-bond donors (Lipinski definition) is 1. The molecule has 148 valence electrons. The standard InChI is InChI=1S/C26H27NO2/c1-19-7-5-6-10-24(19)25(27-17-15-23(16-18-27)26(28)29)22-13-11-21(12-14-22)20-8-3-2-4-9-20/h2-14,23,25H,15-18H2,1H3,(H,28,29). The molecule has 0 amide bonds. The lowest BCUT2D eigenvalue weighted by Crippen LogP contribution is -2.39. The van der Waals surface area contributed by atoms with Crippen molar-refractivity contribution in [2.75, 3.05) is 13.1 Å². The Morgan fingerprint density at radius 3 is 2.07 bits per heavy atom. The fraction of sp³-hybridized carbons (Fsp3) is 0.269. The third-order valence-corrected chi connectivity index (χ3v) is 6.06. The summed E-state index contributed by atoms with van der Waals surface area (Å²) in [5.41, 5.74) is 6.25. The highest BCUT2D eigenvalue weighted by molar-refractivity contribution is 5.70. The first kappa shape index (κ1) is 19.4. The van der Waals surface area contributed by atoms with Crippen molar-refractivity contribution in [2.24, 2.45) is 5.92 Å². The van der Waals surface area contributed by atoms with Crippen molar-refractivity contribution in [1.82, 2.24) is 4.90 Å². The molecule has 1 unspecified atom stereocenters. The molecule has 0 radical (unpaired) electrons. The Hall–Kier alpha value is -2.91. The molecule has 1 aliphatic rings. The number of benzene rings is 3. The van der Waals surface area contributed by atoms with Crippen LogP contribution in [0.2, 0.25) is 0 Å². The van der Waals surface area contributed by atoms with E-state index >= 15 is 0 Å². The first-order chi connectivity index (χ1) is 14.1. The zero-order chi connectivity index (χ0) is 20.2. The second-order valence-corrected chi connectivity index (χ2v) is 7.90. The van der Waals surface area contributed by atoms with Crippen molar-refractivity contribution in [2.45, 2.75) is 25.8 Å². The van der Waals surface area contributed by atoms with Gasteiger partial charge in [0.25, 0.3) is 0 Å². The van der Waals surface area contributed by atoms with Crippen LogP contribution in [0.15, 0.2) is 78.9 Å². The van der Waals surface area contributed by atoms with Crippen LogP contribution in [-0.2, 0) is 4.79 Å². The number of rotatable bonds is 5. The van der Waals surface area contributed by atoms with Crippen molar-refractivity contribution in [3.63, 3.8) is 0 Å². The second-order valence-electron chi connectivity index (χ2n) is 7.90. The summed E-state index contributed by atoms with van der Waals surface area (Å²) < 4.78 is 0. The van der Waals surface area contributed by atoms with Gasteiger partial charge in [0.1, 0.15) is 0 Å². The van der Waals surface area contributed by atoms with Gasteiger partial charge in [-0.25, -0.2) is 0 Å². The van der Waals surface area contributed by atoms with Gasteiger partial charge in [0.15, 0.2) is 0 Å². The molecule has 3 aromatic rings. The maximum absolute atomic E-state index is 11.4. The van der Waals surface area contributed by atoms with Crippen LogP contribution in [0.4, 0.5) is 0 Å². The van der Waals surface area contributed by atoms with E-state index in [1.54, 1.807) is 0 Å². The van der Waals surface area contributed by atoms with Crippen LogP contribution < -0.4 is 0 Å². The number of nitrogens with zero attached hydrogens (tertiary/aromatic N) is 1. The van der Waals surface area contributed by atoms with Crippen LogP contribution in [0.1, 0.15) is 35.6 Å². The monoisotopic (exact) mass is 385 g/mol. The van der Waals surface area contributed by atoms with Gasteiger partial charge in [0, 0.05) is 0 Å². The van der Waals surface area contributed by atoms with Gasteiger partial charge < -0.3 is 5.11 Å². The van der Waals surface area contributed by atoms with Gasteiger partial charge in [0.2, 0.25) is 0 Å². The van der Waals surface area contributed by atoms with Crippen LogP contribution in [0.3, 0.4) is 0 Å². The fourth-order valence-electron chi connectivity index (χ4n) is 4.37. The number of likely N-dealkylation sites (tertiary alicyclic amines) is 1. The molecule has 1 saturated heterocycles. The molecule has 3 heteroatoms. The number of carbonyl (C=O) groups is 1. The van der Waals surface area contributed by atoms with Crippen molar-refractivity contribution >= 4 is 5.97 Å². The lowest BCUT2D eigenvalue weighted by molar-refractivity contribution is -0.143. The lowest BCUT2D eigenvalue weighted by Gasteiger charge is -2.37.